The molecule has 49 heavy (non-hydrogen) atoms. The lowest BCUT2D eigenvalue weighted by Gasteiger charge is -2.18. The molecule has 0 bridgehead atoms. The molecule has 3 amide bonds. The van der Waals surface area contributed by atoms with E-state index < -0.39 is 47.7 Å². The van der Waals surface area contributed by atoms with Gasteiger partial charge in [-0.05, 0) is 12.8 Å². The number of carbonyl (C=O) groups excluding carboxylic acids is 3. The zero-order valence-electron chi connectivity index (χ0n) is 28.4. The van der Waals surface area contributed by atoms with Gasteiger partial charge in [-0.1, -0.05) is 20.3 Å². The van der Waals surface area contributed by atoms with Crippen molar-refractivity contribution in [3.63, 3.8) is 0 Å². The fourth-order valence-corrected chi connectivity index (χ4v) is 4.45. The summed E-state index contributed by atoms with van der Waals surface area (Å²) in [4.78, 5) is 61.3. The molecule has 1 aromatic heterocycles. The monoisotopic (exact) mass is 705 g/mol. The number of aromatic amines is 1. The number of hydrogen-bond acceptors (Lipinski definition) is 12. The Balaban J connectivity index is 1.38. The van der Waals surface area contributed by atoms with Crippen LogP contribution >= 0.6 is 0 Å². The van der Waals surface area contributed by atoms with Crippen LogP contribution in [0.1, 0.15) is 52.2 Å². The number of nitrogens with one attached hydrogen (secondary N) is 4. The van der Waals surface area contributed by atoms with E-state index in [1.54, 1.807) is 6.92 Å². The minimum Gasteiger partial charge on any atom is -0.456 e. The van der Waals surface area contributed by atoms with Gasteiger partial charge in [0.25, 0.3) is 5.56 Å². The number of amides is 3. The Morgan fingerprint density at radius 1 is 0.816 bits per heavy atom. The average molecular weight is 706 g/mol. The Hall–Kier alpha value is -3.42. The van der Waals surface area contributed by atoms with E-state index in [1.807, 2.05) is 4.98 Å². The van der Waals surface area contributed by atoms with Crippen molar-refractivity contribution < 1.29 is 51.9 Å². The van der Waals surface area contributed by atoms with Crippen LogP contribution in [-0.2, 0) is 42.7 Å². The molecular formula is C31H52FN5O12. The van der Waals surface area contributed by atoms with Crippen LogP contribution in [0.2, 0.25) is 0 Å². The summed E-state index contributed by atoms with van der Waals surface area (Å²) in [6.45, 7) is 8.91. The van der Waals surface area contributed by atoms with E-state index in [4.69, 9.17) is 33.2 Å². The molecule has 0 aromatic carbocycles. The van der Waals surface area contributed by atoms with Crippen LogP contribution in [0.5, 0.6) is 0 Å². The zero-order valence-corrected chi connectivity index (χ0v) is 28.4. The molecule has 1 fully saturated rings. The van der Waals surface area contributed by atoms with Crippen LogP contribution < -0.4 is 27.2 Å². The first kappa shape index (κ1) is 41.7. The number of rotatable bonds is 27. The molecule has 17 nitrogen and oxygen atoms in total. The molecule has 4 atom stereocenters. The first-order chi connectivity index (χ1) is 23.8. The Morgan fingerprint density at radius 3 is 1.92 bits per heavy atom. The van der Waals surface area contributed by atoms with E-state index >= 15 is 4.39 Å². The normalized spacial score (nSPS) is 18.7. The van der Waals surface area contributed by atoms with Crippen LogP contribution in [0, 0.1) is 0 Å². The lowest BCUT2D eigenvalue weighted by Crippen LogP contribution is -2.37. The molecule has 1 saturated heterocycles. The largest absolute Gasteiger partial charge is 0.456 e. The fourth-order valence-electron chi connectivity index (χ4n) is 4.45. The molecule has 1 unspecified atom stereocenters. The summed E-state index contributed by atoms with van der Waals surface area (Å²) in [5, 5.41) is 8.11. The molecule has 0 spiro atoms. The Morgan fingerprint density at radius 2 is 1.37 bits per heavy atom. The maximum absolute atomic E-state index is 15.1. The highest BCUT2D eigenvalue weighted by Crippen LogP contribution is 2.34. The molecule has 1 aromatic rings. The smallest absolute Gasteiger partial charge is 0.330 e. The third-order valence-electron chi connectivity index (χ3n) is 7.02. The second-order valence-corrected chi connectivity index (χ2v) is 10.8. The third-order valence-corrected chi connectivity index (χ3v) is 7.02. The quantitative estimate of drug-likeness (QED) is 0.0714. The van der Waals surface area contributed by atoms with Crippen LogP contribution in [0.15, 0.2) is 21.9 Å². The van der Waals surface area contributed by atoms with Crippen LogP contribution in [-0.4, -0.2) is 132 Å². The van der Waals surface area contributed by atoms with Crippen LogP contribution in [0.25, 0.3) is 0 Å². The number of aromatic nitrogens is 2. The second kappa shape index (κ2) is 25.5. The van der Waals surface area contributed by atoms with Crippen molar-refractivity contribution in [1.29, 1.82) is 0 Å². The number of nitrogens with zero attached hydrogens (tertiary/aromatic N) is 1. The SMILES string of the molecule is CCCCNC(=O)NCCOCCOCCOCCOCCOCCNC(=O)CCC(=O)O[C@@H]1C(F)[C@H](n2ccc(=O)[nH]c2=O)O[C@@H]1CC. The summed E-state index contributed by atoms with van der Waals surface area (Å²) in [5.41, 5.74) is -1.48. The van der Waals surface area contributed by atoms with E-state index in [2.05, 4.69) is 22.9 Å². The predicted molar refractivity (Wildman–Crippen MR) is 173 cm³/mol. The Labute approximate surface area is 284 Å². The molecule has 0 aliphatic carbocycles. The van der Waals surface area contributed by atoms with Crippen molar-refractivity contribution in [3.8, 4) is 0 Å². The van der Waals surface area contributed by atoms with E-state index in [0.717, 1.165) is 29.7 Å². The highest BCUT2D eigenvalue weighted by atomic mass is 19.1. The molecular weight excluding hydrogens is 653 g/mol. The van der Waals surface area contributed by atoms with Gasteiger partial charge in [-0.25, -0.2) is 14.0 Å². The second-order valence-electron chi connectivity index (χ2n) is 10.8. The standard InChI is InChI=1S/C31H52FN5O12/c1-3-5-9-34-30(41)35-11-14-44-16-18-46-20-22-47-21-19-45-17-15-43-13-10-33-24(38)6-7-26(40)49-28-23(4-2)48-29(27(28)32)37-12-8-25(39)36-31(37)42/h8,12,23,27-29H,3-7,9-11,13-22H2,1-2H3,(H,33,38)(H2,34,35,41)(H,36,39,42)/t23-,27?,28+,29-/m1/s1. The lowest BCUT2D eigenvalue weighted by atomic mass is 10.1. The molecule has 2 heterocycles. The number of alkyl halides is 1. The summed E-state index contributed by atoms with van der Waals surface area (Å²) >= 11 is 0. The summed E-state index contributed by atoms with van der Waals surface area (Å²) in [7, 11) is 0. The molecule has 4 N–H and O–H groups in total. The first-order valence-electron chi connectivity index (χ1n) is 16.7. The molecule has 1 aliphatic heterocycles. The number of hydrogen-bond donors (Lipinski definition) is 4. The number of carbonyl (C=O) groups is 3. The molecule has 280 valence electrons. The summed E-state index contributed by atoms with van der Waals surface area (Å²) < 4.78 is 54.0. The van der Waals surface area contributed by atoms with Gasteiger partial charge in [0.1, 0.15) is 6.10 Å². The molecule has 18 heteroatoms. The van der Waals surface area contributed by atoms with Gasteiger partial charge in [0.05, 0.1) is 72.5 Å². The summed E-state index contributed by atoms with van der Waals surface area (Å²) in [5.74, 6) is -1.18. The maximum Gasteiger partial charge on any atom is 0.330 e. The minimum absolute atomic E-state index is 0.164. The highest BCUT2D eigenvalue weighted by Gasteiger charge is 2.48. The van der Waals surface area contributed by atoms with Crippen molar-refractivity contribution in [1.82, 2.24) is 25.5 Å². The van der Waals surface area contributed by atoms with E-state index in [1.165, 1.54) is 0 Å². The van der Waals surface area contributed by atoms with Crippen LogP contribution in [0.3, 0.4) is 0 Å². The number of unbranched alkanes of at least 4 members (excludes halogenated alkanes) is 1. The first-order valence-corrected chi connectivity index (χ1v) is 16.7. The lowest BCUT2D eigenvalue weighted by molar-refractivity contribution is -0.154. The van der Waals surface area contributed by atoms with E-state index in [-0.39, 0.29) is 32.0 Å². The van der Waals surface area contributed by atoms with Gasteiger partial charge in [0.2, 0.25) is 5.91 Å². The third kappa shape index (κ3) is 17.7. The van der Waals surface area contributed by atoms with E-state index in [0.29, 0.717) is 79.0 Å². The number of esters is 1. The van der Waals surface area contributed by atoms with Crippen molar-refractivity contribution in [3.05, 3.63) is 33.1 Å². The van der Waals surface area contributed by atoms with Gasteiger partial charge < -0.3 is 49.1 Å². The number of H-pyrrole nitrogens is 1. The number of urea groups is 1. The van der Waals surface area contributed by atoms with Gasteiger partial charge in [0, 0.05) is 38.3 Å². The van der Waals surface area contributed by atoms with Crippen LogP contribution in [0.4, 0.5) is 9.18 Å². The predicted octanol–water partition coefficient (Wildman–Crippen LogP) is 0.173. The summed E-state index contributed by atoms with van der Waals surface area (Å²) in [6.07, 6.45) is -2.33. The molecule has 0 saturated carbocycles. The van der Waals surface area contributed by atoms with Gasteiger partial charge in [-0.3, -0.25) is 23.9 Å². The topological polar surface area (TPSA) is 207 Å². The van der Waals surface area contributed by atoms with Gasteiger partial charge in [0.15, 0.2) is 18.5 Å². The van der Waals surface area contributed by atoms with Gasteiger partial charge in [-0.2, -0.15) is 0 Å². The molecule has 0 radical (unpaired) electrons. The van der Waals surface area contributed by atoms with Crippen molar-refractivity contribution >= 4 is 17.9 Å². The minimum atomic E-state index is -1.85. The Kier molecular flexibility index (Phi) is 21.8. The highest BCUT2D eigenvalue weighted by molar-refractivity contribution is 5.81. The van der Waals surface area contributed by atoms with E-state index in [9.17, 15) is 24.0 Å². The van der Waals surface area contributed by atoms with Gasteiger partial charge in [-0.15, -0.1) is 0 Å². The average Bonchev–Trinajstić information content (AvgIpc) is 3.38. The summed E-state index contributed by atoms with van der Waals surface area (Å²) in [6, 6.07) is 0.874. The van der Waals surface area contributed by atoms with Crippen molar-refractivity contribution in [2.45, 2.75) is 70.6 Å². The van der Waals surface area contributed by atoms with Crippen molar-refractivity contribution in [2.24, 2.45) is 0 Å². The zero-order chi connectivity index (χ0) is 35.7. The number of ether oxygens (including phenoxy) is 7. The molecule has 1 aliphatic rings. The molecule has 2 rings (SSSR count). The number of halogens is 1. The fraction of sp³-hybridized carbons (Fsp3) is 0.774. The van der Waals surface area contributed by atoms with Crippen molar-refractivity contribution in [2.75, 3.05) is 85.7 Å². The Bertz CT molecular complexity index is 1200. The maximum atomic E-state index is 15.1. The van der Waals surface area contributed by atoms with Gasteiger partial charge >= 0.3 is 17.7 Å².